The lowest BCUT2D eigenvalue weighted by molar-refractivity contribution is 0.200. The number of carbonyl (C=O) groups is 1. The minimum Gasteiger partial charge on any atom is -0.331 e. The molecule has 4 nitrogen and oxygen atoms in total. The Hall–Kier alpha value is -2.43. The summed E-state index contributed by atoms with van der Waals surface area (Å²) in [6.45, 7) is 2.42. The number of hydrogen-bond donors (Lipinski definition) is 1. The molecule has 3 rings (SSSR count). The zero-order valence-corrected chi connectivity index (χ0v) is 14.1. The monoisotopic (exact) mass is 327 g/mol. The summed E-state index contributed by atoms with van der Waals surface area (Å²) in [5.74, 6) is -0.257. The summed E-state index contributed by atoms with van der Waals surface area (Å²) in [7, 11) is 1.74. The number of hydrogen-bond acceptors (Lipinski definition) is 2. The lowest BCUT2D eigenvalue weighted by Crippen LogP contribution is -2.40. The van der Waals surface area contributed by atoms with Crippen LogP contribution in [0.1, 0.15) is 41.3 Å². The van der Waals surface area contributed by atoms with Gasteiger partial charge in [0.15, 0.2) is 0 Å². The average molecular weight is 327 g/mol. The molecule has 24 heavy (non-hydrogen) atoms. The Kier molecular flexibility index (Phi) is 4.79. The SMILES string of the molecule is Cc1ccc(CN(C)C(=O)N[C@@H]2CCCc3ccc(F)cc32)nc1. The van der Waals surface area contributed by atoms with Crippen molar-refractivity contribution in [3.8, 4) is 0 Å². The predicted molar refractivity (Wildman–Crippen MR) is 91.1 cm³/mol. The number of benzene rings is 1. The van der Waals surface area contributed by atoms with Crippen molar-refractivity contribution in [2.45, 2.75) is 38.8 Å². The third-order valence-corrected chi connectivity index (χ3v) is 4.44. The third kappa shape index (κ3) is 3.72. The average Bonchev–Trinajstić information content (AvgIpc) is 2.57. The second kappa shape index (κ2) is 6.99. The van der Waals surface area contributed by atoms with Gasteiger partial charge in [-0.3, -0.25) is 4.98 Å². The molecule has 0 saturated heterocycles. The maximum absolute atomic E-state index is 13.6. The highest BCUT2D eigenvalue weighted by molar-refractivity contribution is 5.74. The van der Waals surface area contributed by atoms with Crippen molar-refractivity contribution >= 4 is 6.03 Å². The first-order valence-electron chi connectivity index (χ1n) is 8.24. The molecule has 2 amide bonds. The van der Waals surface area contributed by atoms with Crippen LogP contribution in [0.4, 0.5) is 9.18 Å². The number of nitrogens with one attached hydrogen (secondary N) is 1. The van der Waals surface area contributed by atoms with Gasteiger partial charge >= 0.3 is 6.03 Å². The van der Waals surface area contributed by atoms with E-state index in [9.17, 15) is 9.18 Å². The minimum atomic E-state index is -0.257. The van der Waals surface area contributed by atoms with Crippen molar-refractivity contribution in [2.75, 3.05) is 7.05 Å². The first kappa shape index (κ1) is 16.4. The van der Waals surface area contributed by atoms with Crippen molar-refractivity contribution in [1.29, 1.82) is 0 Å². The highest BCUT2D eigenvalue weighted by atomic mass is 19.1. The summed E-state index contributed by atoms with van der Waals surface area (Å²) in [5, 5.41) is 3.03. The molecular formula is C19H22FN3O. The lowest BCUT2D eigenvalue weighted by Gasteiger charge is -2.28. The lowest BCUT2D eigenvalue weighted by atomic mass is 9.87. The van der Waals surface area contributed by atoms with Gasteiger partial charge in [-0.2, -0.15) is 0 Å². The highest BCUT2D eigenvalue weighted by Gasteiger charge is 2.23. The van der Waals surface area contributed by atoms with E-state index in [0.29, 0.717) is 6.54 Å². The van der Waals surface area contributed by atoms with Gasteiger partial charge in [-0.15, -0.1) is 0 Å². The van der Waals surface area contributed by atoms with Crippen LogP contribution in [0.5, 0.6) is 0 Å². The van der Waals surface area contributed by atoms with Crippen LogP contribution >= 0.6 is 0 Å². The van der Waals surface area contributed by atoms with E-state index in [4.69, 9.17) is 0 Å². The Labute approximate surface area is 141 Å². The van der Waals surface area contributed by atoms with Gasteiger partial charge in [-0.1, -0.05) is 12.1 Å². The molecule has 1 aromatic carbocycles. The molecule has 0 radical (unpaired) electrons. The molecule has 1 aromatic heterocycles. The molecule has 0 fully saturated rings. The molecule has 1 aliphatic rings. The fraction of sp³-hybridized carbons (Fsp3) is 0.368. The van der Waals surface area contributed by atoms with E-state index in [1.807, 2.05) is 25.1 Å². The van der Waals surface area contributed by atoms with Crippen LogP contribution in [-0.2, 0) is 13.0 Å². The summed E-state index contributed by atoms with van der Waals surface area (Å²) in [4.78, 5) is 18.4. The van der Waals surface area contributed by atoms with E-state index < -0.39 is 0 Å². The van der Waals surface area contributed by atoms with E-state index in [1.54, 1.807) is 24.2 Å². The molecular weight excluding hydrogens is 305 g/mol. The molecule has 5 heteroatoms. The molecule has 0 saturated carbocycles. The number of halogens is 1. The normalized spacial score (nSPS) is 16.4. The zero-order chi connectivity index (χ0) is 17.1. The van der Waals surface area contributed by atoms with Crippen molar-refractivity contribution in [2.24, 2.45) is 0 Å². The van der Waals surface area contributed by atoms with Crippen LogP contribution in [0.2, 0.25) is 0 Å². The Morgan fingerprint density at radius 1 is 1.38 bits per heavy atom. The Bertz CT molecular complexity index is 730. The highest BCUT2D eigenvalue weighted by Crippen LogP contribution is 2.30. The maximum Gasteiger partial charge on any atom is 0.317 e. The quantitative estimate of drug-likeness (QED) is 0.933. The van der Waals surface area contributed by atoms with Crippen LogP contribution < -0.4 is 5.32 Å². The van der Waals surface area contributed by atoms with Crippen molar-refractivity contribution in [1.82, 2.24) is 15.2 Å². The largest absolute Gasteiger partial charge is 0.331 e. The number of urea groups is 1. The summed E-state index contributed by atoms with van der Waals surface area (Å²) in [5.41, 5.74) is 3.95. The molecule has 1 atom stereocenters. The molecule has 0 spiro atoms. The van der Waals surface area contributed by atoms with Gasteiger partial charge in [-0.25, -0.2) is 9.18 Å². The van der Waals surface area contributed by atoms with Gasteiger partial charge in [0.1, 0.15) is 5.82 Å². The van der Waals surface area contributed by atoms with Crippen LogP contribution in [0.15, 0.2) is 36.5 Å². The van der Waals surface area contributed by atoms with Gasteiger partial charge < -0.3 is 10.2 Å². The van der Waals surface area contributed by atoms with Crippen molar-refractivity contribution in [3.63, 3.8) is 0 Å². The van der Waals surface area contributed by atoms with Crippen LogP contribution in [0, 0.1) is 12.7 Å². The Morgan fingerprint density at radius 3 is 2.96 bits per heavy atom. The van der Waals surface area contributed by atoms with Gasteiger partial charge in [-0.05, 0) is 61.1 Å². The smallest absolute Gasteiger partial charge is 0.317 e. The zero-order valence-electron chi connectivity index (χ0n) is 14.1. The van der Waals surface area contributed by atoms with E-state index in [1.165, 1.54) is 6.07 Å². The first-order chi connectivity index (χ1) is 11.5. The van der Waals surface area contributed by atoms with Gasteiger partial charge in [0.25, 0.3) is 0 Å². The van der Waals surface area contributed by atoms with Gasteiger partial charge in [0.2, 0.25) is 0 Å². The predicted octanol–water partition coefficient (Wildman–Crippen LogP) is 3.75. The van der Waals surface area contributed by atoms with Crippen molar-refractivity contribution < 1.29 is 9.18 Å². The Morgan fingerprint density at radius 2 is 2.21 bits per heavy atom. The van der Waals surface area contributed by atoms with E-state index in [-0.39, 0.29) is 17.9 Å². The van der Waals surface area contributed by atoms with Crippen LogP contribution in [0.3, 0.4) is 0 Å². The summed E-state index contributed by atoms with van der Waals surface area (Å²) < 4.78 is 13.6. The molecule has 0 aliphatic heterocycles. The Balaban J connectivity index is 1.67. The number of amides is 2. The number of rotatable bonds is 3. The second-order valence-electron chi connectivity index (χ2n) is 6.42. The summed E-state index contributed by atoms with van der Waals surface area (Å²) >= 11 is 0. The van der Waals surface area contributed by atoms with Gasteiger partial charge in [0, 0.05) is 13.2 Å². The molecule has 1 aliphatic carbocycles. The standard InChI is InChI=1S/C19H22FN3O/c1-13-6-9-16(21-11-13)12-23(2)19(24)22-18-5-3-4-14-7-8-15(20)10-17(14)18/h6-11,18H,3-5,12H2,1-2H3,(H,22,24)/t18-/m1/s1. The number of aryl methyl sites for hydroxylation is 2. The number of nitrogens with zero attached hydrogens (tertiary/aromatic N) is 2. The first-order valence-corrected chi connectivity index (χ1v) is 8.24. The number of aromatic nitrogens is 1. The molecule has 1 N–H and O–H groups in total. The van der Waals surface area contributed by atoms with Crippen molar-refractivity contribution in [3.05, 3.63) is 64.7 Å². The minimum absolute atomic E-state index is 0.134. The maximum atomic E-state index is 13.6. The fourth-order valence-electron chi connectivity index (χ4n) is 3.09. The van der Waals surface area contributed by atoms with E-state index in [0.717, 1.165) is 41.6 Å². The number of carbonyl (C=O) groups excluding carboxylic acids is 1. The summed E-state index contributed by atoms with van der Waals surface area (Å²) in [6.07, 6.45) is 4.55. The van der Waals surface area contributed by atoms with Gasteiger partial charge in [0.05, 0.1) is 18.3 Å². The van der Waals surface area contributed by atoms with Crippen LogP contribution in [0.25, 0.3) is 0 Å². The topological polar surface area (TPSA) is 45.2 Å². The molecule has 0 unspecified atom stereocenters. The molecule has 2 aromatic rings. The van der Waals surface area contributed by atoms with Crippen LogP contribution in [-0.4, -0.2) is 23.0 Å². The molecule has 126 valence electrons. The number of fused-ring (bicyclic) bond motifs is 1. The van der Waals surface area contributed by atoms with E-state index >= 15 is 0 Å². The molecule has 0 bridgehead atoms. The number of pyridine rings is 1. The fourth-order valence-corrected chi connectivity index (χ4v) is 3.09. The molecule has 1 heterocycles. The third-order valence-electron chi connectivity index (χ3n) is 4.44. The van der Waals surface area contributed by atoms with E-state index in [2.05, 4.69) is 10.3 Å². The summed E-state index contributed by atoms with van der Waals surface area (Å²) in [6, 6.07) is 8.45. The second-order valence-corrected chi connectivity index (χ2v) is 6.42.